The SMILES string of the molecule is FCc1ccc(Oc2ccccn2)cc1. The van der Waals surface area contributed by atoms with E-state index in [0.29, 0.717) is 17.2 Å². The summed E-state index contributed by atoms with van der Waals surface area (Å²) in [7, 11) is 0. The molecule has 3 heteroatoms. The van der Waals surface area contributed by atoms with E-state index in [-0.39, 0.29) is 0 Å². The summed E-state index contributed by atoms with van der Waals surface area (Å²) in [6.45, 7) is -0.454. The molecule has 2 nitrogen and oxygen atoms in total. The molecule has 0 N–H and O–H groups in total. The van der Waals surface area contributed by atoms with Crippen LogP contribution in [-0.2, 0) is 6.67 Å². The molecule has 1 heterocycles. The first kappa shape index (κ1) is 9.65. The summed E-state index contributed by atoms with van der Waals surface area (Å²) in [6, 6.07) is 12.3. The minimum absolute atomic E-state index is 0.454. The predicted octanol–water partition coefficient (Wildman–Crippen LogP) is 3.34. The summed E-state index contributed by atoms with van der Waals surface area (Å²) in [4.78, 5) is 4.02. The van der Waals surface area contributed by atoms with Gasteiger partial charge >= 0.3 is 0 Å². The molecule has 0 amide bonds. The van der Waals surface area contributed by atoms with Crippen molar-refractivity contribution in [2.75, 3.05) is 0 Å². The summed E-state index contributed by atoms with van der Waals surface area (Å²) in [5, 5.41) is 0. The number of pyridine rings is 1. The fourth-order valence-electron chi connectivity index (χ4n) is 1.17. The van der Waals surface area contributed by atoms with Crippen LogP contribution < -0.4 is 4.74 Å². The normalized spacial score (nSPS) is 9.93. The molecule has 1 aromatic heterocycles. The zero-order chi connectivity index (χ0) is 10.5. The Kier molecular flexibility index (Phi) is 2.93. The third-order valence-corrected chi connectivity index (χ3v) is 1.94. The van der Waals surface area contributed by atoms with E-state index in [4.69, 9.17) is 4.74 Å². The smallest absolute Gasteiger partial charge is 0.219 e. The van der Waals surface area contributed by atoms with Crippen molar-refractivity contribution in [1.82, 2.24) is 4.98 Å². The molecule has 0 aliphatic carbocycles. The lowest BCUT2D eigenvalue weighted by Crippen LogP contribution is -1.87. The molecule has 0 saturated heterocycles. The van der Waals surface area contributed by atoms with Crippen LogP contribution in [0.1, 0.15) is 5.56 Å². The Hall–Kier alpha value is -1.90. The highest BCUT2D eigenvalue weighted by atomic mass is 19.1. The molecule has 0 aliphatic heterocycles. The van der Waals surface area contributed by atoms with Crippen LogP contribution in [0, 0.1) is 0 Å². The maximum atomic E-state index is 12.2. The van der Waals surface area contributed by atoms with E-state index < -0.39 is 6.67 Å². The topological polar surface area (TPSA) is 22.1 Å². The number of benzene rings is 1. The molecule has 0 fully saturated rings. The number of ether oxygens (including phenoxy) is 1. The van der Waals surface area contributed by atoms with E-state index >= 15 is 0 Å². The molecule has 0 aliphatic rings. The van der Waals surface area contributed by atoms with E-state index in [0.717, 1.165) is 0 Å². The summed E-state index contributed by atoms with van der Waals surface area (Å²) >= 11 is 0. The van der Waals surface area contributed by atoms with Crippen LogP contribution in [0.2, 0.25) is 0 Å². The highest BCUT2D eigenvalue weighted by molar-refractivity contribution is 5.30. The Bertz CT molecular complexity index is 413. The van der Waals surface area contributed by atoms with Crippen molar-refractivity contribution in [2.24, 2.45) is 0 Å². The Morgan fingerprint density at radius 2 is 1.87 bits per heavy atom. The average molecular weight is 203 g/mol. The number of nitrogens with zero attached hydrogens (tertiary/aromatic N) is 1. The van der Waals surface area contributed by atoms with E-state index in [1.54, 1.807) is 36.5 Å². The van der Waals surface area contributed by atoms with Crippen LogP contribution in [0.15, 0.2) is 48.7 Å². The number of halogens is 1. The van der Waals surface area contributed by atoms with Crippen LogP contribution in [-0.4, -0.2) is 4.98 Å². The molecule has 2 aromatic rings. The van der Waals surface area contributed by atoms with Gasteiger partial charge in [0, 0.05) is 12.3 Å². The van der Waals surface area contributed by atoms with Crippen LogP contribution >= 0.6 is 0 Å². The maximum Gasteiger partial charge on any atom is 0.219 e. The molecule has 0 unspecified atom stereocenters. The first-order chi connectivity index (χ1) is 7.38. The minimum atomic E-state index is -0.454. The van der Waals surface area contributed by atoms with Crippen molar-refractivity contribution in [3.05, 3.63) is 54.2 Å². The van der Waals surface area contributed by atoms with Crippen molar-refractivity contribution in [1.29, 1.82) is 0 Å². The molecule has 0 atom stereocenters. The fraction of sp³-hybridized carbons (Fsp3) is 0.0833. The third-order valence-electron chi connectivity index (χ3n) is 1.94. The number of aromatic nitrogens is 1. The molecular formula is C12H10FNO. The third kappa shape index (κ3) is 2.53. The second-order valence-corrected chi connectivity index (χ2v) is 3.05. The zero-order valence-corrected chi connectivity index (χ0v) is 8.06. The van der Waals surface area contributed by atoms with E-state index in [2.05, 4.69) is 4.98 Å². The first-order valence-electron chi connectivity index (χ1n) is 4.62. The Morgan fingerprint density at radius 3 is 2.47 bits per heavy atom. The van der Waals surface area contributed by atoms with Crippen LogP contribution in [0.3, 0.4) is 0 Å². The van der Waals surface area contributed by atoms with Gasteiger partial charge in [-0.05, 0) is 23.8 Å². The predicted molar refractivity (Wildman–Crippen MR) is 55.6 cm³/mol. The second-order valence-electron chi connectivity index (χ2n) is 3.05. The molecule has 76 valence electrons. The van der Waals surface area contributed by atoms with E-state index in [1.165, 1.54) is 0 Å². The van der Waals surface area contributed by atoms with Crippen LogP contribution in [0.4, 0.5) is 4.39 Å². The van der Waals surface area contributed by atoms with Crippen molar-refractivity contribution < 1.29 is 9.13 Å². The number of hydrogen-bond donors (Lipinski definition) is 0. The van der Waals surface area contributed by atoms with Gasteiger partial charge in [0.2, 0.25) is 5.88 Å². The Morgan fingerprint density at radius 1 is 1.07 bits per heavy atom. The van der Waals surface area contributed by atoms with E-state index in [1.807, 2.05) is 12.1 Å². The summed E-state index contributed by atoms with van der Waals surface area (Å²) in [5.74, 6) is 1.19. The zero-order valence-electron chi connectivity index (χ0n) is 8.06. The van der Waals surface area contributed by atoms with Gasteiger partial charge < -0.3 is 4.74 Å². The Balaban J connectivity index is 2.11. The first-order valence-corrected chi connectivity index (χ1v) is 4.62. The van der Waals surface area contributed by atoms with E-state index in [9.17, 15) is 4.39 Å². The van der Waals surface area contributed by atoms with Gasteiger partial charge in [-0.1, -0.05) is 18.2 Å². The fourth-order valence-corrected chi connectivity index (χ4v) is 1.17. The summed E-state index contributed by atoms with van der Waals surface area (Å²) in [5.41, 5.74) is 0.642. The quantitative estimate of drug-likeness (QED) is 0.763. The van der Waals surface area contributed by atoms with Crippen LogP contribution in [0.25, 0.3) is 0 Å². The lowest BCUT2D eigenvalue weighted by molar-refractivity contribution is 0.460. The summed E-state index contributed by atoms with van der Waals surface area (Å²) in [6.07, 6.45) is 1.66. The number of rotatable bonds is 3. The molecule has 1 aromatic carbocycles. The van der Waals surface area contributed by atoms with Gasteiger partial charge in [-0.3, -0.25) is 0 Å². The number of hydrogen-bond acceptors (Lipinski definition) is 2. The van der Waals surface area contributed by atoms with Gasteiger partial charge in [-0.15, -0.1) is 0 Å². The molecule has 0 radical (unpaired) electrons. The van der Waals surface area contributed by atoms with Gasteiger partial charge in [0.25, 0.3) is 0 Å². The van der Waals surface area contributed by atoms with Crippen molar-refractivity contribution in [2.45, 2.75) is 6.67 Å². The van der Waals surface area contributed by atoms with Gasteiger partial charge in [-0.2, -0.15) is 0 Å². The average Bonchev–Trinajstić information content (AvgIpc) is 2.31. The largest absolute Gasteiger partial charge is 0.439 e. The molecule has 0 bridgehead atoms. The lowest BCUT2D eigenvalue weighted by Gasteiger charge is -2.04. The molecular weight excluding hydrogens is 193 g/mol. The molecule has 2 rings (SSSR count). The molecule has 0 spiro atoms. The minimum Gasteiger partial charge on any atom is -0.439 e. The van der Waals surface area contributed by atoms with Crippen molar-refractivity contribution >= 4 is 0 Å². The highest BCUT2D eigenvalue weighted by Gasteiger charge is 1.97. The van der Waals surface area contributed by atoms with Gasteiger partial charge in [-0.25, -0.2) is 9.37 Å². The van der Waals surface area contributed by atoms with Gasteiger partial charge in [0.15, 0.2) is 0 Å². The molecule has 15 heavy (non-hydrogen) atoms. The molecule has 0 saturated carbocycles. The summed E-state index contributed by atoms with van der Waals surface area (Å²) < 4.78 is 17.7. The van der Waals surface area contributed by atoms with Crippen molar-refractivity contribution in [3.63, 3.8) is 0 Å². The highest BCUT2D eigenvalue weighted by Crippen LogP contribution is 2.19. The van der Waals surface area contributed by atoms with Gasteiger partial charge in [0.05, 0.1) is 0 Å². The second kappa shape index (κ2) is 4.55. The maximum absolute atomic E-state index is 12.2. The standard InChI is InChI=1S/C12H10FNO/c13-9-10-4-6-11(7-5-10)15-12-3-1-2-8-14-12/h1-8H,9H2. The van der Waals surface area contributed by atoms with Crippen molar-refractivity contribution in [3.8, 4) is 11.6 Å². The monoisotopic (exact) mass is 203 g/mol. The lowest BCUT2D eigenvalue weighted by atomic mass is 10.2. The Labute approximate surface area is 87.4 Å². The number of alkyl halides is 1. The van der Waals surface area contributed by atoms with Crippen LogP contribution in [0.5, 0.6) is 11.6 Å². The van der Waals surface area contributed by atoms with Gasteiger partial charge in [0.1, 0.15) is 12.4 Å².